The number of nitrogens with two attached hydrogens (primary N) is 1. The van der Waals surface area contributed by atoms with Gasteiger partial charge < -0.3 is 25.5 Å². The number of hydrogen-bond acceptors (Lipinski definition) is 5. The van der Waals surface area contributed by atoms with E-state index in [0.29, 0.717) is 0 Å². The van der Waals surface area contributed by atoms with Crippen LogP contribution in [-0.2, 0) is 0 Å². The van der Waals surface area contributed by atoms with E-state index < -0.39 is 23.1 Å². The zero-order chi connectivity index (χ0) is 10.0. The largest absolute Gasteiger partial charge is 1.00 e. The van der Waals surface area contributed by atoms with E-state index in [-0.39, 0.29) is 64.8 Å². The third-order valence-electron chi connectivity index (χ3n) is 1.48. The maximum atomic E-state index is 10.4. The Morgan fingerprint density at radius 1 is 1.00 bits per heavy atom. The van der Waals surface area contributed by atoms with Gasteiger partial charge in [0.15, 0.2) is 0 Å². The number of hydrogen-bond donors (Lipinski definition) is 1. The fourth-order valence-corrected chi connectivity index (χ4v) is 0.909. The van der Waals surface area contributed by atoms with E-state index in [1.807, 2.05) is 0 Å². The molecule has 0 saturated carbocycles. The standard InChI is InChI=1S/C8H7NO4.2Na/c9-4-1-2-5(7(10)11)6(3-4)8(12)13;;/h1-3H,9H2,(H,10,11)(H,12,13);;/q;2*+1/p-2. The van der Waals surface area contributed by atoms with E-state index in [9.17, 15) is 19.8 Å². The molecule has 68 valence electrons. The molecule has 0 atom stereocenters. The number of aromatic carboxylic acids is 2. The molecule has 1 aromatic rings. The van der Waals surface area contributed by atoms with Crippen molar-refractivity contribution in [1.29, 1.82) is 0 Å². The van der Waals surface area contributed by atoms with E-state index in [1.54, 1.807) is 0 Å². The van der Waals surface area contributed by atoms with Crippen LogP contribution in [0.25, 0.3) is 0 Å². The summed E-state index contributed by atoms with van der Waals surface area (Å²) in [6.45, 7) is 0. The Hall–Kier alpha value is -0.0400. The Labute approximate surface area is 130 Å². The normalized spacial score (nSPS) is 8.27. The van der Waals surface area contributed by atoms with Crippen molar-refractivity contribution in [2.24, 2.45) is 0 Å². The third kappa shape index (κ3) is 4.55. The van der Waals surface area contributed by atoms with Crippen molar-refractivity contribution in [3.63, 3.8) is 0 Å². The Morgan fingerprint density at radius 2 is 1.47 bits per heavy atom. The van der Waals surface area contributed by atoms with Gasteiger partial charge in [-0.2, -0.15) is 0 Å². The molecule has 0 aliphatic rings. The van der Waals surface area contributed by atoms with Crippen LogP contribution in [-0.4, -0.2) is 11.9 Å². The van der Waals surface area contributed by atoms with Crippen molar-refractivity contribution >= 4 is 17.6 Å². The molecule has 0 unspecified atom stereocenters. The molecule has 15 heavy (non-hydrogen) atoms. The molecule has 0 saturated heterocycles. The van der Waals surface area contributed by atoms with Gasteiger partial charge in [-0.3, -0.25) is 0 Å². The van der Waals surface area contributed by atoms with Gasteiger partial charge in [0, 0.05) is 16.8 Å². The first-order valence-corrected chi connectivity index (χ1v) is 3.34. The summed E-state index contributed by atoms with van der Waals surface area (Å²) < 4.78 is 0. The topological polar surface area (TPSA) is 106 Å². The van der Waals surface area contributed by atoms with Crippen LogP contribution in [0.15, 0.2) is 18.2 Å². The van der Waals surface area contributed by atoms with Crippen LogP contribution in [0.5, 0.6) is 0 Å². The smallest absolute Gasteiger partial charge is 0.545 e. The van der Waals surface area contributed by atoms with E-state index >= 15 is 0 Å². The Balaban J connectivity index is 0. The average molecular weight is 225 g/mol. The van der Waals surface area contributed by atoms with Crippen molar-refractivity contribution in [2.75, 3.05) is 5.73 Å². The first-order chi connectivity index (χ1) is 6.02. The van der Waals surface area contributed by atoms with Gasteiger partial charge in [0.05, 0.1) is 11.9 Å². The number of benzene rings is 1. The maximum absolute atomic E-state index is 10.4. The van der Waals surface area contributed by atoms with Crippen molar-refractivity contribution < 1.29 is 78.9 Å². The van der Waals surface area contributed by atoms with Crippen molar-refractivity contribution in [3.05, 3.63) is 29.3 Å². The Morgan fingerprint density at radius 3 is 1.87 bits per heavy atom. The number of carboxylic acid groups (broad SMARTS) is 2. The van der Waals surface area contributed by atoms with Gasteiger partial charge in [0.25, 0.3) is 0 Å². The number of carbonyl (C=O) groups is 2. The molecule has 0 radical (unpaired) electrons. The quantitative estimate of drug-likeness (QED) is 0.397. The molecule has 0 aliphatic carbocycles. The predicted molar refractivity (Wildman–Crippen MR) is 39.5 cm³/mol. The first-order valence-electron chi connectivity index (χ1n) is 3.34. The SMILES string of the molecule is Nc1ccc(C(=O)[O-])c(C(=O)[O-])c1.[Na+].[Na+]. The molecule has 0 fully saturated rings. The molecular weight excluding hydrogens is 220 g/mol. The second kappa shape index (κ2) is 7.27. The molecule has 0 spiro atoms. The Kier molecular flexibility index (Phi) is 8.41. The van der Waals surface area contributed by atoms with E-state index in [2.05, 4.69) is 0 Å². The second-order valence-corrected chi connectivity index (χ2v) is 2.38. The van der Waals surface area contributed by atoms with Crippen LogP contribution in [0.4, 0.5) is 5.69 Å². The number of rotatable bonds is 2. The zero-order valence-electron chi connectivity index (χ0n) is 8.44. The summed E-state index contributed by atoms with van der Waals surface area (Å²) in [4.78, 5) is 20.8. The van der Waals surface area contributed by atoms with Gasteiger partial charge in [-0.25, -0.2) is 0 Å². The van der Waals surface area contributed by atoms with Crippen LogP contribution < -0.4 is 75.1 Å². The van der Waals surface area contributed by atoms with Crippen molar-refractivity contribution in [2.45, 2.75) is 0 Å². The maximum Gasteiger partial charge on any atom is 1.00 e. The number of anilines is 1. The van der Waals surface area contributed by atoms with Gasteiger partial charge in [-0.1, -0.05) is 6.07 Å². The van der Waals surface area contributed by atoms with Crippen LogP contribution in [0.1, 0.15) is 20.7 Å². The van der Waals surface area contributed by atoms with E-state index in [4.69, 9.17) is 5.73 Å². The summed E-state index contributed by atoms with van der Waals surface area (Å²) >= 11 is 0. The van der Waals surface area contributed by atoms with Crippen LogP contribution in [0.3, 0.4) is 0 Å². The van der Waals surface area contributed by atoms with Gasteiger partial charge >= 0.3 is 59.1 Å². The number of carboxylic acids is 2. The molecule has 7 heteroatoms. The minimum Gasteiger partial charge on any atom is -0.545 e. The van der Waals surface area contributed by atoms with Gasteiger partial charge in [-0.05, 0) is 12.1 Å². The summed E-state index contributed by atoms with van der Waals surface area (Å²) in [7, 11) is 0. The molecule has 0 amide bonds. The summed E-state index contributed by atoms with van der Waals surface area (Å²) in [5.74, 6) is -3.16. The summed E-state index contributed by atoms with van der Waals surface area (Å²) in [6.07, 6.45) is 0. The zero-order valence-corrected chi connectivity index (χ0v) is 12.4. The minimum absolute atomic E-state index is 0. The number of carbonyl (C=O) groups excluding carboxylic acids is 2. The van der Waals surface area contributed by atoms with Gasteiger partial charge in [0.1, 0.15) is 0 Å². The molecule has 0 aliphatic heterocycles. The summed E-state index contributed by atoms with van der Waals surface area (Å²) in [6, 6.07) is 3.35. The van der Waals surface area contributed by atoms with Gasteiger partial charge in [-0.15, -0.1) is 0 Å². The second-order valence-electron chi connectivity index (χ2n) is 2.38. The van der Waals surface area contributed by atoms with Crippen LogP contribution in [0, 0.1) is 0 Å². The minimum atomic E-state index is -1.59. The molecular formula is C8H5NNa2O4. The van der Waals surface area contributed by atoms with Gasteiger partial charge in [0.2, 0.25) is 0 Å². The predicted octanol–water partition coefficient (Wildman–Crippen LogP) is -8.00. The monoisotopic (exact) mass is 225 g/mol. The fourth-order valence-electron chi connectivity index (χ4n) is 0.909. The Bertz CT molecular complexity index is 381. The molecule has 0 heterocycles. The number of nitrogen functional groups attached to an aromatic ring is 1. The van der Waals surface area contributed by atoms with Crippen LogP contribution >= 0.6 is 0 Å². The molecule has 0 aromatic heterocycles. The first kappa shape index (κ1) is 17.4. The van der Waals surface area contributed by atoms with E-state index in [0.717, 1.165) is 12.1 Å². The molecule has 0 bridgehead atoms. The third-order valence-corrected chi connectivity index (χ3v) is 1.48. The van der Waals surface area contributed by atoms with Crippen molar-refractivity contribution in [1.82, 2.24) is 0 Å². The van der Waals surface area contributed by atoms with E-state index in [1.165, 1.54) is 6.07 Å². The van der Waals surface area contributed by atoms with Crippen molar-refractivity contribution in [3.8, 4) is 0 Å². The molecule has 1 aromatic carbocycles. The molecule has 2 N–H and O–H groups in total. The fraction of sp³-hybridized carbons (Fsp3) is 0. The summed E-state index contributed by atoms with van der Waals surface area (Å²) in [5, 5.41) is 20.8. The molecule has 5 nitrogen and oxygen atoms in total. The summed E-state index contributed by atoms with van der Waals surface area (Å²) in [5.41, 5.74) is 4.51. The van der Waals surface area contributed by atoms with Crippen LogP contribution in [0.2, 0.25) is 0 Å². The molecule has 1 rings (SSSR count). The average Bonchev–Trinajstić information content (AvgIpc) is 2.03.